The van der Waals surface area contributed by atoms with Gasteiger partial charge in [0.2, 0.25) is 10.0 Å². The van der Waals surface area contributed by atoms with Gasteiger partial charge in [0.25, 0.3) is 0 Å². The lowest BCUT2D eigenvalue weighted by Gasteiger charge is -2.15. The van der Waals surface area contributed by atoms with Crippen molar-refractivity contribution in [2.75, 3.05) is 18.5 Å². The molecule has 4 N–H and O–H groups in total. The summed E-state index contributed by atoms with van der Waals surface area (Å²) in [6, 6.07) is 2.21. The maximum Gasteiger partial charge on any atom is 0.337 e. The first-order chi connectivity index (χ1) is 9.79. The number of rotatable bonds is 5. The summed E-state index contributed by atoms with van der Waals surface area (Å²) in [7, 11) is -4.08. The van der Waals surface area contributed by atoms with E-state index in [4.69, 9.17) is 26.6 Å². The van der Waals surface area contributed by atoms with Gasteiger partial charge in [-0.1, -0.05) is 11.6 Å². The van der Waals surface area contributed by atoms with Gasteiger partial charge in [0.15, 0.2) is 0 Å². The molecular weight excluding hydrogens is 320 g/mol. The standard InChI is InChI=1S/C12H15ClN2O5S/c13-9-5-10(15-6-7-2-1-3-20-7)11(21(14,18)19)4-8(9)12(16)17/h4-5,7,15H,1-3,6H2,(H,16,17)(H2,14,18,19). The van der Waals surface area contributed by atoms with Crippen LogP contribution in [0.3, 0.4) is 0 Å². The zero-order chi connectivity index (χ0) is 15.6. The molecule has 1 heterocycles. The van der Waals surface area contributed by atoms with Crippen molar-refractivity contribution in [3.63, 3.8) is 0 Å². The van der Waals surface area contributed by atoms with Crippen molar-refractivity contribution in [3.05, 3.63) is 22.7 Å². The third-order valence-electron chi connectivity index (χ3n) is 3.15. The van der Waals surface area contributed by atoms with Crippen molar-refractivity contribution in [2.24, 2.45) is 5.14 Å². The highest BCUT2D eigenvalue weighted by molar-refractivity contribution is 7.89. The van der Waals surface area contributed by atoms with Crippen LogP contribution >= 0.6 is 11.6 Å². The molecule has 2 rings (SSSR count). The Morgan fingerprint density at radius 1 is 1.52 bits per heavy atom. The van der Waals surface area contributed by atoms with Gasteiger partial charge in [-0.3, -0.25) is 0 Å². The van der Waals surface area contributed by atoms with Crippen molar-refractivity contribution in [1.82, 2.24) is 0 Å². The molecule has 0 saturated carbocycles. The van der Waals surface area contributed by atoms with Gasteiger partial charge in [-0.25, -0.2) is 18.4 Å². The van der Waals surface area contributed by atoms with Gasteiger partial charge in [-0.15, -0.1) is 0 Å². The van der Waals surface area contributed by atoms with E-state index in [1.54, 1.807) is 0 Å². The van der Waals surface area contributed by atoms with Crippen molar-refractivity contribution in [2.45, 2.75) is 23.8 Å². The molecule has 116 valence electrons. The van der Waals surface area contributed by atoms with E-state index in [1.807, 2.05) is 0 Å². The highest BCUT2D eigenvalue weighted by Gasteiger charge is 2.22. The maximum absolute atomic E-state index is 11.6. The average molecular weight is 335 g/mol. The van der Waals surface area contributed by atoms with Crippen LogP contribution in [0.4, 0.5) is 5.69 Å². The Bertz CT molecular complexity index is 656. The molecule has 7 nitrogen and oxygen atoms in total. The molecule has 1 aromatic carbocycles. The number of carbonyl (C=O) groups is 1. The first-order valence-electron chi connectivity index (χ1n) is 6.24. The number of hydrogen-bond acceptors (Lipinski definition) is 5. The topological polar surface area (TPSA) is 119 Å². The van der Waals surface area contributed by atoms with Gasteiger partial charge in [0.05, 0.1) is 22.4 Å². The number of hydrogen-bond donors (Lipinski definition) is 3. The van der Waals surface area contributed by atoms with Crippen LogP contribution in [0.5, 0.6) is 0 Å². The lowest BCUT2D eigenvalue weighted by molar-refractivity contribution is 0.0697. The lowest BCUT2D eigenvalue weighted by atomic mass is 10.2. The van der Waals surface area contributed by atoms with E-state index in [2.05, 4.69) is 5.32 Å². The summed E-state index contributed by atoms with van der Waals surface area (Å²) in [5.41, 5.74) is -0.147. The van der Waals surface area contributed by atoms with E-state index in [9.17, 15) is 13.2 Å². The van der Waals surface area contributed by atoms with E-state index in [-0.39, 0.29) is 27.3 Å². The van der Waals surface area contributed by atoms with Crippen molar-refractivity contribution >= 4 is 33.3 Å². The number of primary sulfonamides is 1. The smallest absolute Gasteiger partial charge is 0.337 e. The minimum absolute atomic E-state index is 0.0174. The highest BCUT2D eigenvalue weighted by Crippen LogP contribution is 2.29. The molecule has 1 aliphatic heterocycles. The number of nitrogens with two attached hydrogens (primary N) is 1. The molecule has 0 aliphatic carbocycles. The monoisotopic (exact) mass is 334 g/mol. The number of ether oxygens (including phenoxy) is 1. The fourth-order valence-corrected chi connectivity index (χ4v) is 3.08. The van der Waals surface area contributed by atoms with E-state index in [1.165, 1.54) is 6.07 Å². The van der Waals surface area contributed by atoms with E-state index in [0.717, 1.165) is 18.9 Å². The number of nitrogens with one attached hydrogen (secondary N) is 1. The Labute approximate surface area is 127 Å². The number of carboxylic acids is 1. The lowest BCUT2D eigenvalue weighted by Crippen LogP contribution is -2.21. The number of anilines is 1. The van der Waals surface area contributed by atoms with E-state index >= 15 is 0 Å². The zero-order valence-corrected chi connectivity index (χ0v) is 12.6. The van der Waals surface area contributed by atoms with Crippen molar-refractivity contribution < 1.29 is 23.1 Å². The van der Waals surface area contributed by atoms with Crippen LogP contribution in [0, 0.1) is 0 Å². The summed E-state index contributed by atoms with van der Waals surface area (Å²) in [4.78, 5) is 10.7. The molecular formula is C12H15ClN2O5S. The van der Waals surface area contributed by atoms with Crippen LogP contribution in [-0.2, 0) is 14.8 Å². The number of carboxylic acid groups (broad SMARTS) is 1. The Hall–Kier alpha value is -1.35. The minimum atomic E-state index is -4.08. The Kier molecular flexibility index (Phi) is 4.72. The summed E-state index contributed by atoms with van der Waals surface area (Å²) in [5.74, 6) is -1.32. The first-order valence-corrected chi connectivity index (χ1v) is 8.16. The number of sulfonamides is 1. The van der Waals surface area contributed by atoms with Crippen molar-refractivity contribution in [3.8, 4) is 0 Å². The number of aromatic carboxylic acids is 1. The predicted octanol–water partition coefficient (Wildman–Crippen LogP) is 1.28. The van der Waals surface area contributed by atoms with Gasteiger partial charge in [0, 0.05) is 13.2 Å². The molecule has 1 aromatic rings. The summed E-state index contributed by atoms with van der Waals surface area (Å²) in [6.07, 6.45) is 1.81. The fourth-order valence-electron chi connectivity index (χ4n) is 2.12. The molecule has 0 spiro atoms. The summed E-state index contributed by atoms with van der Waals surface area (Å²) in [6.45, 7) is 1.07. The second-order valence-electron chi connectivity index (χ2n) is 4.69. The van der Waals surface area contributed by atoms with Gasteiger partial charge >= 0.3 is 5.97 Å². The predicted molar refractivity (Wildman–Crippen MR) is 77.2 cm³/mol. The van der Waals surface area contributed by atoms with Crippen LogP contribution < -0.4 is 10.5 Å². The average Bonchev–Trinajstić information content (AvgIpc) is 2.87. The molecule has 1 atom stereocenters. The van der Waals surface area contributed by atoms with Crippen LogP contribution in [-0.4, -0.2) is 38.7 Å². The van der Waals surface area contributed by atoms with Crippen molar-refractivity contribution in [1.29, 1.82) is 0 Å². The maximum atomic E-state index is 11.6. The van der Waals surface area contributed by atoms with Gasteiger partial charge < -0.3 is 15.2 Å². The Morgan fingerprint density at radius 3 is 2.76 bits per heavy atom. The Balaban J connectivity index is 2.34. The molecule has 1 unspecified atom stereocenters. The minimum Gasteiger partial charge on any atom is -0.478 e. The van der Waals surface area contributed by atoms with Gasteiger partial charge in [-0.2, -0.15) is 0 Å². The third-order valence-corrected chi connectivity index (χ3v) is 4.41. The molecule has 1 aliphatic rings. The SMILES string of the molecule is NS(=O)(=O)c1cc(C(=O)O)c(Cl)cc1NCC1CCCO1. The summed E-state index contributed by atoms with van der Waals surface area (Å²) in [5, 5.41) is 17.0. The second-order valence-corrected chi connectivity index (χ2v) is 6.63. The highest BCUT2D eigenvalue weighted by atomic mass is 35.5. The molecule has 9 heteroatoms. The summed E-state index contributed by atoms with van der Waals surface area (Å²) < 4.78 is 28.6. The fraction of sp³-hybridized carbons (Fsp3) is 0.417. The van der Waals surface area contributed by atoms with E-state index in [0.29, 0.717) is 13.2 Å². The van der Waals surface area contributed by atoms with Crippen LogP contribution in [0.25, 0.3) is 0 Å². The van der Waals surface area contributed by atoms with Crippen LogP contribution in [0.2, 0.25) is 5.02 Å². The largest absolute Gasteiger partial charge is 0.478 e. The van der Waals surface area contributed by atoms with Crippen LogP contribution in [0.1, 0.15) is 23.2 Å². The van der Waals surface area contributed by atoms with Gasteiger partial charge in [-0.05, 0) is 25.0 Å². The number of halogens is 1. The Morgan fingerprint density at radius 2 is 2.24 bits per heavy atom. The van der Waals surface area contributed by atoms with Crippen LogP contribution in [0.15, 0.2) is 17.0 Å². The van der Waals surface area contributed by atoms with E-state index < -0.39 is 16.0 Å². The molecule has 0 bridgehead atoms. The molecule has 0 aromatic heterocycles. The molecule has 1 saturated heterocycles. The van der Waals surface area contributed by atoms with Gasteiger partial charge in [0.1, 0.15) is 4.90 Å². The zero-order valence-electron chi connectivity index (χ0n) is 11.0. The molecule has 21 heavy (non-hydrogen) atoms. The molecule has 1 fully saturated rings. The normalized spacial score (nSPS) is 18.7. The quantitative estimate of drug-likeness (QED) is 0.746. The molecule has 0 radical (unpaired) electrons. The first kappa shape index (κ1) is 16.0. The molecule has 0 amide bonds. The second kappa shape index (κ2) is 6.18. The third kappa shape index (κ3) is 3.85. The summed E-state index contributed by atoms with van der Waals surface area (Å²) >= 11 is 5.85. The number of benzene rings is 1.